The summed E-state index contributed by atoms with van der Waals surface area (Å²) >= 11 is 0. The Hall–Kier alpha value is -4.26. The van der Waals surface area contributed by atoms with Gasteiger partial charge in [-0.15, -0.1) is 0 Å². The van der Waals surface area contributed by atoms with E-state index in [0.717, 1.165) is 56.8 Å². The Bertz CT molecular complexity index is 1560. The minimum absolute atomic E-state index is 0.141. The number of nitrogens with zero attached hydrogens (tertiary/aromatic N) is 2. The Morgan fingerprint density at radius 2 is 1.93 bits per heavy atom. The number of fused-ring (bicyclic) bond motifs is 2. The zero-order valence-electron chi connectivity index (χ0n) is 22.9. The number of halogens is 1. The van der Waals surface area contributed by atoms with Crippen LogP contribution in [0.4, 0.5) is 4.39 Å². The number of benzene rings is 3. The van der Waals surface area contributed by atoms with Gasteiger partial charge in [0.15, 0.2) is 0 Å². The largest absolute Gasteiger partial charge is 0.493 e. The summed E-state index contributed by atoms with van der Waals surface area (Å²) in [4.78, 5) is 20.0. The molecule has 6 rings (SSSR count). The van der Waals surface area contributed by atoms with Gasteiger partial charge < -0.3 is 14.2 Å². The molecule has 204 valence electrons. The molecule has 2 heterocycles. The third kappa shape index (κ3) is 4.81. The van der Waals surface area contributed by atoms with Crippen molar-refractivity contribution in [2.75, 3.05) is 13.7 Å². The lowest BCUT2D eigenvalue weighted by molar-refractivity contribution is -0.140. The second kappa shape index (κ2) is 10.7. The van der Waals surface area contributed by atoms with Crippen molar-refractivity contribution in [2.45, 2.75) is 51.6 Å². The van der Waals surface area contributed by atoms with Crippen LogP contribution in [0.3, 0.4) is 0 Å². The van der Waals surface area contributed by atoms with Gasteiger partial charge in [0.2, 0.25) is 0 Å². The molecule has 1 aliphatic carbocycles. The van der Waals surface area contributed by atoms with Crippen LogP contribution >= 0.6 is 0 Å². The summed E-state index contributed by atoms with van der Waals surface area (Å²) in [5.41, 5.74) is 9.02. The van der Waals surface area contributed by atoms with Crippen LogP contribution in [0.1, 0.15) is 59.1 Å². The van der Waals surface area contributed by atoms with Crippen LogP contribution in [0.25, 0.3) is 22.4 Å². The quantitative estimate of drug-likeness (QED) is 0.235. The fourth-order valence-electron chi connectivity index (χ4n) is 6.15. The lowest BCUT2D eigenvalue weighted by Gasteiger charge is -2.19. The van der Waals surface area contributed by atoms with Gasteiger partial charge in [-0.3, -0.25) is 4.79 Å². The second-order valence-electron chi connectivity index (χ2n) is 10.5. The summed E-state index contributed by atoms with van der Waals surface area (Å²) in [6, 6.07) is 15.4. The van der Waals surface area contributed by atoms with Crippen LogP contribution in [-0.4, -0.2) is 29.7 Å². The van der Waals surface area contributed by atoms with E-state index < -0.39 is 0 Å². The molecular formula is C33H31FN2O4. The van der Waals surface area contributed by atoms with Crippen LogP contribution in [-0.2, 0) is 16.0 Å². The van der Waals surface area contributed by atoms with Crippen LogP contribution in [0.5, 0.6) is 11.5 Å². The number of rotatable bonds is 7. The summed E-state index contributed by atoms with van der Waals surface area (Å²) in [5.74, 6) is 1.09. The predicted octanol–water partition coefficient (Wildman–Crippen LogP) is 7.06. The SMILES string of the molecule is COC(=O)CCC1COc2cc(OC3CCc4c(-c5c(C)cc(-c6ccncn6)cc5C)ccc(F)c43)ccc21. The highest BCUT2D eigenvalue weighted by Crippen LogP contribution is 2.45. The topological polar surface area (TPSA) is 70.5 Å². The molecule has 3 aromatic carbocycles. The molecule has 0 spiro atoms. The van der Waals surface area contributed by atoms with Gasteiger partial charge in [-0.25, -0.2) is 14.4 Å². The molecular weight excluding hydrogens is 507 g/mol. The molecule has 40 heavy (non-hydrogen) atoms. The number of hydrogen-bond acceptors (Lipinski definition) is 6. The Kier molecular flexibility index (Phi) is 6.96. The van der Waals surface area contributed by atoms with Crippen molar-refractivity contribution in [1.29, 1.82) is 0 Å². The second-order valence-corrected chi connectivity index (χ2v) is 10.5. The van der Waals surface area contributed by atoms with E-state index in [1.165, 1.54) is 7.11 Å². The minimum Gasteiger partial charge on any atom is -0.493 e. The highest BCUT2D eigenvalue weighted by Gasteiger charge is 2.32. The monoisotopic (exact) mass is 538 g/mol. The van der Waals surface area contributed by atoms with E-state index >= 15 is 4.39 Å². The zero-order chi connectivity index (χ0) is 27.8. The Labute approximate surface area is 233 Å². The Morgan fingerprint density at radius 1 is 1.10 bits per heavy atom. The van der Waals surface area contributed by atoms with Crippen molar-refractivity contribution in [3.8, 4) is 33.9 Å². The Balaban J connectivity index is 1.26. The molecule has 6 nitrogen and oxygen atoms in total. The first kappa shape index (κ1) is 26.0. The number of methoxy groups -OCH3 is 1. The molecule has 0 bridgehead atoms. The summed E-state index contributed by atoms with van der Waals surface area (Å²) in [7, 11) is 1.40. The number of aryl methyl sites for hydroxylation is 2. The van der Waals surface area contributed by atoms with E-state index in [-0.39, 0.29) is 23.8 Å². The first-order chi connectivity index (χ1) is 19.4. The molecule has 0 saturated heterocycles. The molecule has 0 amide bonds. The molecule has 2 aliphatic rings. The summed E-state index contributed by atoms with van der Waals surface area (Å²) in [5, 5.41) is 0. The van der Waals surface area contributed by atoms with Crippen LogP contribution in [0, 0.1) is 19.7 Å². The number of esters is 1. The molecule has 0 N–H and O–H groups in total. The van der Waals surface area contributed by atoms with Gasteiger partial charge in [0.05, 0.1) is 19.4 Å². The lowest BCUT2D eigenvalue weighted by Crippen LogP contribution is -2.07. The maximum absolute atomic E-state index is 15.3. The molecule has 0 saturated carbocycles. The van der Waals surface area contributed by atoms with Gasteiger partial charge in [-0.2, -0.15) is 0 Å². The fourth-order valence-corrected chi connectivity index (χ4v) is 6.15. The Morgan fingerprint density at radius 3 is 2.67 bits per heavy atom. The molecule has 0 radical (unpaired) electrons. The molecule has 1 aromatic heterocycles. The summed E-state index contributed by atoms with van der Waals surface area (Å²) in [6.07, 6.45) is 5.36. The third-order valence-electron chi connectivity index (χ3n) is 8.03. The van der Waals surface area contributed by atoms with Gasteiger partial charge in [0, 0.05) is 41.3 Å². The lowest BCUT2D eigenvalue weighted by atomic mass is 9.88. The van der Waals surface area contributed by atoms with Gasteiger partial charge in [0.1, 0.15) is 29.7 Å². The minimum atomic E-state index is -0.384. The maximum atomic E-state index is 15.3. The number of aromatic nitrogens is 2. The van der Waals surface area contributed by atoms with E-state index in [1.54, 1.807) is 18.6 Å². The van der Waals surface area contributed by atoms with E-state index in [9.17, 15) is 4.79 Å². The number of carbonyl (C=O) groups is 1. The standard InChI is InChI=1S/C33H31FN2O4/c1-19-14-22(28-12-13-35-18-36-28)15-20(2)32(19)25-7-9-27(34)33-26(25)8-10-29(33)40-23-5-6-24-21(4-11-31(37)38-3)17-39-30(24)16-23/h5-7,9,12-16,18,21,29H,4,8,10-11,17H2,1-3H3. The first-order valence-corrected chi connectivity index (χ1v) is 13.6. The van der Waals surface area contributed by atoms with E-state index in [1.807, 2.05) is 30.3 Å². The van der Waals surface area contributed by atoms with Gasteiger partial charge in [-0.1, -0.05) is 12.1 Å². The molecule has 7 heteroatoms. The van der Waals surface area contributed by atoms with Gasteiger partial charge in [0.25, 0.3) is 0 Å². The highest BCUT2D eigenvalue weighted by atomic mass is 19.1. The molecule has 0 fully saturated rings. The smallest absolute Gasteiger partial charge is 0.305 e. The van der Waals surface area contributed by atoms with E-state index in [4.69, 9.17) is 14.2 Å². The average molecular weight is 539 g/mol. The number of ether oxygens (including phenoxy) is 3. The highest BCUT2D eigenvalue weighted by molar-refractivity contribution is 5.79. The molecule has 2 atom stereocenters. The molecule has 4 aromatic rings. The van der Waals surface area contributed by atoms with Crippen molar-refractivity contribution in [1.82, 2.24) is 9.97 Å². The van der Waals surface area contributed by atoms with Crippen molar-refractivity contribution in [2.24, 2.45) is 0 Å². The fraction of sp³-hybridized carbons (Fsp3) is 0.303. The normalized spacial score (nSPS) is 17.2. The van der Waals surface area contributed by atoms with Crippen LogP contribution in [0.2, 0.25) is 0 Å². The van der Waals surface area contributed by atoms with Crippen molar-refractivity contribution in [3.63, 3.8) is 0 Å². The zero-order valence-corrected chi connectivity index (χ0v) is 22.9. The average Bonchev–Trinajstić information content (AvgIpc) is 3.57. The van der Waals surface area contributed by atoms with Crippen molar-refractivity contribution >= 4 is 5.97 Å². The van der Waals surface area contributed by atoms with Gasteiger partial charge >= 0.3 is 5.97 Å². The first-order valence-electron chi connectivity index (χ1n) is 13.6. The van der Waals surface area contributed by atoms with E-state index in [0.29, 0.717) is 37.2 Å². The van der Waals surface area contributed by atoms with Crippen molar-refractivity contribution in [3.05, 3.63) is 94.7 Å². The van der Waals surface area contributed by atoms with Crippen LogP contribution in [0.15, 0.2) is 61.1 Å². The van der Waals surface area contributed by atoms with Crippen molar-refractivity contribution < 1.29 is 23.4 Å². The molecule has 1 aliphatic heterocycles. The summed E-state index contributed by atoms with van der Waals surface area (Å²) < 4.78 is 32.4. The predicted molar refractivity (Wildman–Crippen MR) is 150 cm³/mol. The van der Waals surface area contributed by atoms with E-state index in [2.05, 4.69) is 35.9 Å². The molecule has 2 unspecified atom stereocenters. The third-order valence-corrected chi connectivity index (χ3v) is 8.03. The van der Waals surface area contributed by atoms with Gasteiger partial charge in [-0.05, 0) is 91.3 Å². The number of carbonyl (C=O) groups excluding carboxylic acids is 1. The summed E-state index contributed by atoms with van der Waals surface area (Å²) in [6.45, 7) is 4.71. The number of hydrogen-bond donors (Lipinski definition) is 0. The van der Waals surface area contributed by atoms with Crippen LogP contribution < -0.4 is 9.47 Å². The maximum Gasteiger partial charge on any atom is 0.305 e.